The van der Waals surface area contributed by atoms with Crippen LogP contribution in [0, 0.1) is 12.3 Å². The predicted molar refractivity (Wildman–Crippen MR) is 93.6 cm³/mol. The van der Waals surface area contributed by atoms with Crippen LogP contribution in [0.3, 0.4) is 0 Å². The number of nitrogens with zero attached hydrogens (tertiary/aromatic N) is 3. The lowest BCUT2D eigenvalue weighted by atomic mass is 9.72. The minimum absolute atomic E-state index is 0.296. The molecule has 2 saturated heterocycles. The van der Waals surface area contributed by atoms with Gasteiger partial charge in [0.05, 0.1) is 12.3 Å². The molecular weight excluding hydrogens is 302 g/mol. The molecule has 3 rings (SSSR count). The Kier molecular flexibility index (Phi) is 5.51. The minimum atomic E-state index is 0.296. The second-order valence-electron chi connectivity index (χ2n) is 7.35. The highest BCUT2D eigenvalue weighted by Crippen LogP contribution is 2.40. The number of carbonyl (C=O) groups is 1. The summed E-state index contributed by atoms with van der Waals surface area (Å²) < 4.78 is 5.15. The van der Waals surface area contributed by atoms with Crippen LogP contribution in [0.2, 0.25) is 0 Å². The van der Waals surface area contributed by atoms with E-state index in [1.807, 2.05) is 17.2 Å². The molecular formula is C19H29N3O2. The van der Waals surface area contributed by atoms with Crippen LogP contribution < -0.4 is 0 Å². The number of ether oxygens (including phenoxy) is 1. The van der Waals surface area contributed by atoms with E-state index in [0.717, 1.165) is 39.1 Å². The maximum absolute atomic E-state index is 12.1. The first-order valence-electron chi connectivity index (χ1n) is 9.01. The number of piperidine rings is 2. The summed E-state index contributed by atoms with van der Waals surface area (Å²) in [5, 5.41) is 0. The van der Waals surface area contributed by atoms with Gasteiger partial charge in [0.1, 0.15) is 0 Å². The van der Waals surface area contributed by atoms with Crippen molar-refractivity contribution >= 4 is 5.91 Å². The van der Waals surface area contributed by atoms with E-state index in [0.29, 0.717) is 24.3 Å². The molecule has 1 spiro atoms. The van der Waals surface area contributed by atoms with Gasteiger partial charge < -0.3 is 9.64 Å². The Balaban J connectivity index is 1.56. The molecule has 1 aromatic rings. The van der Waals surface area contributed by atoms with Gasteiger partial charge in [0.2, 0.25) is 5.91 Å². The highest BCUT2D eigenvalue weighted by molar-refractivity contribution is 5.77. The van der Waals surface area contributed by atoms with Gasteiger partial charge in [0, 0.05) is 39.4 Å². The molecule has 0 N–H and O–H groups in total. The van der Waals surface area contributed by atoms with Crippen molar-refractivity contribution in [1.29, 1.82) is 0 Å². The lowest BCUT2D eigenvalue weighted by Gasteiger charge is -2.47. The zero-order valence-corrected chi connectivity index (χ0v) is 15.0. The Labute approximate surface area is 145 Å². The van der Waals surface area contributed by atoms with E-state index in [9.17, 15) is 4.79 Å². The molecule has 0 aliphatic carbocycles. The first-order valence-corrected chi connectivity index (χ1v) is 9.01. The molecule has 0 atom stereocenters. The lowest BCUT2D eigenvalue weighted by Crippen LogP contribution is -2.52. The van der Waals surface area contributed by atoms with Gasteiger partial charge in [-0.1, -0.05) is 6.07 Å². The first-order chi connectivity index (χ1) is 11.6. The average Bonchev–Trinajstić information content (AvgIpc) is 2.60. The van der Waals surface area contributed by atoms with Crippen molar-refractivity contribution < 1.29 is 9.53 Å². The smallest absolute Gasteiger partial charge is 0.222 e. The summed E-state index contributed by atoms with van der Waals surface area (Å²) in [6.07, 6.45) is 5.98. The predicted octanol–water partition coefficient (Wildman–Crippen LogP) is 2.24. The van der Waals surface area contributed by atoms with Crippen LogP contribution in [-0.4, -0.2) is 60.6 Å². The molecule has 3 heterocycles. The zero-order valence-electron chi connectivity index (χ0n) is 15.0. The highest BCUT2D eigenvalue weighted by atomic mass is 16.5. The van der Waals surface area contributed by atoms with E-state index in [-0.39, 0.29) is 0 Å². The van der Waals surface area contributed by atoms with Crippen molar-refractivity contribution in [3.05, 3.63) is 29.6 Å². The van der Waals surface area contributed by atoms with Crippen LogP contribution in [-0.2, 0) is 16.1 Å². The highest BCUT2D eigenvalue weighted by Gasteiger charge is 2.40. The van der Waals surface area contributed by atoms with E-state index in [1.165, 1.54) is 24.1 Å². The van der Waals surface area contributed by atoms with E-state index in [4.69, 9.17) is 4.74 Å². The van der Waals surface area contributed by atoms with Crippen molar-refractivity contribution in [2.75, 3.05) is 39.9 Å². The van der Waals surface area contributed by atoms with Crippen LogP contribution in [0.1, 0.15) is 36.9 Å². The molecule has 0 aromatic carbocycles. The second kappa shape index (κ2) is 7.62. The fraction of sp³-hybridized carbons (Fsp3) is 0.684. The SMILES string of the molecule is COCCN1CC2(CCC1=O)CCN(Cc1ncccc1C)CC2. The van der Waals surface area contributed by atoms with Crippen LogP contribution in [0.5, 0.6) is 0 Å². The third kappa shape index (κ3) is 3.95. The first kappa shape index (κ1) is 17.4. The van der Waals surface area contributed by atoms with E-state index >= 15 is 0 Å². The topological polar surface area (TPSA) is 45.7 Å². The van der Waals surface area contributed by atoms with Crippen molar-refractivity contribution in [3.63, 3.8) is 0 Å². The summed E-state index contributed by atoms with van der Waals surface area (Å²) in [7, 11) is 1.70. The van der Waals surface area contributed by atoms with Gasteiger partial charge in [-0.3, -0.25) is 14.7 Å². The van der Waals surface area contributed by atoms with Gasteiger partial charge in [0.25, 0.3) is 0 Å². The Morgan fingerprint density at radius 2 is 2.08 bits per heavy atom. The Morgan fingerprint density at radius 1 is 1.29 bits per heavy atom. The number of amides is 1. The number of likely N-dealkylation sites (tertiary alicyclic amines) is 2. The standard InChI is InChI=1S/C19H29N3O2/c1-16-4-3-9-20-17(16)14-21-10-7-19(8-11-21)6-5-18(23)22(15-19)12-13-24-2/h3-4,9H,5-8,10-15H2,1-2H3. The number of aryl methyl sites for hydroxylation is 1. The molecule has 1 amide bonds. The van der Waals surface area contributed by atoms with Gasteiger partial charge in [-0.25, -0.2) is 0 Å². The molecule has 5 nitrogen and oxygen atoms in total. The Morgan fingerprint density at radius 3 is 2.79 bits per heavy atom. The van der Waals surface area contributed by atoms with E-state index in [1.54, 1.807) is 7.11 Å². The fourth-order valence-electron chi connectivity index (χ4n) is 4.00. The molecule has 132 valence electrons. The molecule has 2 aliphatic rings. The Bertz CT molecular complexity index is 567. The summed E-state index contributed by atoms with van der Waals surface area (Å²) in [6.45, 7) is 7.54. The largest absolute Gasteiger partial charge is 0.383 e. The van der Waals surface area contributed by atoms with Gasteiger partial charge in [0.15, 0.2) is 0 Å². The third-order valence-electron chi connectivity index (χ3n) is 5.72. The van der Waals surface area contributed by atoms with E-state index < -0.39 is 0 Å². The van der Waals surface area contributed by atoms with Gasteiger partial charge in [-0.15, -0.1) is 0 Å². The van der Waals surface area contributed by atoms with E-state index in [2.05, 4.69) is 22.9 Å². The number of rotatable bonds is 5. The molecule has 24 heavy (non-hydrogen) atoms. The van der Waals surface area contributed by atoms with Crippen molar-refractivity contribution in [3.8, 4) is 0 Å². The lowest BCUT2D eigenvalue weighted by molar-refractivity contribution is -0.139. The van der Waals surface area contributed by atoms with Crippen molar-refractivity contribution in [1.82, 2.24) is 14.8 Å². The minimum Gasteiger partial charge on any atom is -0.383 e. The van der Waals surface area contributed by atoms with Gasteiger partial charge in [-0.2, -0.15) is 0 Å². The summed E-state index contributed by atoms with van der Waals surface area (Å²) >= 11 is 0. The molecule has 1 aromatic heterocycles. The molecule has 2 aliphatic heterocycles. The molecule has 0 bridgehead atoms. The van der Waals surface area contributed by atoms with Crippen LogP contribution in [0.25, 0.3) is 0 Å². The summed E-state index contributed by atoms with van der Waals surface area (Å²) in [5.41, 5.74) is 2.78. The number of hydrogen-bond donors (Lipinski definition) is 0. The summed E-state index contributed by atoms with van der Waals surface area (Å²) in [5.74, 6) is 0.296. The summed E-state index contributed by atoms with van der Waals surface area (Å²) in [4.78, 5) is 21.2. The third-order valence-corrected chi connectivity index (χ3v) is 5.72. The maximum Gasteiger partial charge on any atom is 0.222 e. The fourth-order valence-corrected chi connectivity index (χ4v) is 4.00. The maximum atomic E-state index is 12.1. The Hall–Kier alpha value is -1.46. The second-order valence-corrected chi connectivity index (χ2v) is 7.35. The number of aromatic nitrogens is 1. The normalized spacial score (nSPS) is 21.4. The van der Waals surface area contributed by atoms with Crippen LogP contribution in [0.15, 0.2) is 18.3 Å². The number of pyridine rings is 1. The van der Waals surface area contributed by atoms with Crippen LogP contribution >= 0.6 is 0 Å². The molecule has 0 radical (unpaired) electrons. The molecule has 0 saturated carbocycles. The van der Waals surface area contributed by atoms with Gasteiger partial charge >= 0.3 is 0 Å². The number of carbonyl (C=O) groups excluding carboxylic acids is 1. The van der Waals surface area contributed by atoms with Crippen molar-refractivity contribution in [2.24, 2.45) is 5.41 Å². The molecule has 2 fully saturated rings. The number of methoxy groups -OCH3 is 1. The van der Waals surface area contributed by atoms with Gasteiger partial charge in [-0.05, 0) is 56.3 Å². The quantitative estimate of drug-likeness (QED) is 0.830. The zero-order chi connectivity index (χ0) is 17.0. The monoisotopic (exact) mass is 331 g/mol. The average molecular weight is 331 g/mol. The molecule has 5 heteroatoms. The summed E-state index contributed by atoms with van der Waals surface area (Å²) in [6, 6.07) is 4.13. The number of hydrogen-bond acceptors (Lipinski definition) is 4. The van der Waals surface area contributed by atoms with Crippen LogP contribution in [0.4, 0.5) is 0 Å². The molecule has 0 unspecified atom stereocenters. The van der Waals surface area contributed by atoms with Crippen molar-refractivity contribution in [2.45, 2.75) is 39.2 Å².